The van der Waals surface area contributed by atoms with Crippen molar-refractivity contribution in [3.63, 3.8) is 0 Å². The number of fused-ring (bicyclic) bond motifs is 1. The fourth-order valence-corrected chi connectivity index (χ4v) is 5.43. The number of amides is 2. The third-order valence-electron chi connectivity index (χ3n) is 6.52. The molecule has 1 saturated heterocycles. The van der Waals surface area contributed by atoms with Gasteiger partial charge < -0.3 is 15.1 Å². The predicted octanol–water partition coefficient (Wildman–Crippen LogP) is 5.59. The van der Waals surface area contributed by atoms with E-state index in [0.29, 0.717) is 26.2 Å². The normalized spacial score (nSPS) is 13.9. The van der Waals surface area contributed by atoms with E-state index in [1.807, 2.05) is 6.07 Å². The second-order valence-corrected chi connectivity index (χ2v) is 10.00. The van der Waals surface area contributed by atoms with Gasteiger partial charge in [0.15, 0.2) is 0 Å². The second-order valence-electron chi connectivity index (χ2n) is 8.80. The lowest BCUT2D eigenvalue weighted by Crippen LogP contribution is -2.50. The highest BCUT2D eigenvalue weighted by atomic mass is 32.1. The summed E-state index contributed by atoms with van der Waals surface area (Å²) in [6.45, 7) is 6.63. The molecule has 0 atom stereocenters. The van der Waals surface area contributed by atoms with Crippen molar-refractivity contribution in [1.82, 2.24) is 14.9 Å². The number of thiophene rings is 1. The Morgan fingerprint density at radius 3 is 2.43 bits per heavy atom. The van der Waals surface area contributed by atoms with Crippen molar-refractivity contribution in [3.8, 4) is 0 Å². The van der Waals surface area contributed by atoms with Crippen LogP contribution in [0.15, 0.2) is 54.6 Å². The molecule has 1 aliphatic heterocycles. The minimum Gasteiger partial charge on any atom is -0.352 e. The molecule has 0 bridgehead atoms. The number of hydrogen-bond donors (Lipinski definition) is 1. The summed E-state index contributed by atoms with van der Waals surface area (Å²) in [7, 11) is 0. The van der Waals surface area contributed by atoms with E-state index in [1.54, 1.807) is 34.4 Å². The Morgan fingerprint density at radius 1 is 0.971 bits per heavy atom. The van der Waals surface area contributed by atoms with E-state index in [2.05, 4.69) is 48.3 Å². The molecule has 4 aromatic rings. The third-order valence-corrected chi connectivity index (χ3v) is 7.62. The third kappa shape index (κ3) is 4.98. The molecular formula is C27H28FN5OS. The van der Waals surface area contributed by atoms with Crippen LogP contribution in [0.5, 0.6) is 0 Å². The molecule has 0 saturated carbocycles. The van der Waals surface area contributed by atoms with Gasteiger partial charge in [-0.1, -0.05) is 42.5 Å². The Morgan fingerprint density at radius 2 is 1.69 bits per heavy atom. The summed E-state index contributed by atoms with van der Waals surface area (Å²) in [5.74, 6) is 1.36. The number of aryl methyl sites for hydroxylation is 4. The number of halogens is 1. The van der Waals surface area contributed by atoms with Gasteiger partial charge in [-0.2, -0.15) is 0 Å². The van der Waals surface area contributed by atoms with Crippen LogP contribution in [-0.4, -0.2) is 47.1 Å². The number of carbonyl (C=O) groups excluding carboxylic acids is 1. The van der Waals surface area contributed by atoms with Crippen molar-refractivity contribution in [2.24, 2.45) is 0 Å². The molecule has 0 radical (unpaired) electrons. The van der Waals surface area contributed by atoms with Gasteiger partial charge in [0.2, 0.25) is 0 Å². The van der Waals surface area contributed by atoms with E-state index in [0.717, 1.165) is 34.7 Å². The maximum absolute atomic E-state index is 13.9. The zero-order valence-electron chi connectivity index (χ0n) is 19.9. The summed E-state index contributed by atoms with van der Waals surface area (Å²) in [5, 5.41) is 3.80. The quantitative estimate of drug-likeness (QED) is 0.397. The number of urea groups is 1. The molecule has 6 nitrogen and oxygen atoms in total. The average Bonchev–Trinajstić information content (AvgIpc) is 3.17. The van der Waals surface area contributed by atoms with Crippen molar-refractivity contribution in [2.45, 2.75) is 26.7 Å². The molecule has 35 heavy (non-hydrogen) atoms. The number of nitrogens with one attached hydrogen (secondary N) is 1. The summed E-state index contributed by atoms with van der Waals surface area (Å²) < 4.78 is 13.9. The number of para-hydroxylation sites is 1. The van der Waals surface area contributed by atoms with Crippen LogP contribution in [0, 0.1) is 19.7 Å². The highest BCUT2D eigenvalue weighted by molar-refractivity contribution is 7.18. The standard InChI is InChI=1S/C27H28FN5OS/c1-18-19(2)35-26-24(18)25(30-23(31-26)13-12-20-8-4-3-5-9-20)32-14-16-33(17-15-32)27(34)29-22-11-7-6-10-21(22)28/h3-11H,12-17H2,1-2H3,(H,29,34). The van der Waals surface area contributed by atoms with Crippen molar-refractivity contribution < 1.29 is 9.18 Å². The number of anilines is 2. The Labute approximate surface area is 208 Å². The molecule has 0 spiro atoms. The molecule has 5 rings (SSSR count). The lowest BCUT2D eigenvalue weighted by atomic mass is 10.1. The molecule has 180 valence electrons. The van der Waals surface area contributed by atoms with Crippen LogP contribution in [0.1, 0.15) is 21.8 Å². The van der Waals surface area contributed by atoms with E-state index in [1.165, 1.54) is 22.1 Å². The summed E-state index contributed by atoms with van der Waals surface area (Å²) in [4.78, 5) is 28.9. The number of nitrogens with zero attached hydrogens (tertiary/aromatic N) is 4. The number of aromatic nitrogens is 2. The average molecular weight is 490 g/mol. The van der Waals surface area contributed by atoms with Crippen molar-refractivity contribution in [1.29, 1.82) is 0 Å². The molecule has 2 aromatic heterocycles. The minimum absolute atomic E-state index is 0.199. The number of benzene rings is 2. The van der Waals surface area contributed by atoms with Crippen molar-refractivity contribution >= 4 is 39.1 Å². The van der Waals surface area contributed by atoms with Crippen LogP contribution < -0.4 is 10.2 Å². The first kappa shape index (κ1) is 23.2. The molecule has 1 aliphatic rings. The highest BCUT2D eigenvalue weighted by Gasteiger charge is 2.26. The summed E-state index contributed by atoms with van der Waals surface area (Å²) in [5.41, 5.74) is 2.69. The van der Waals surface area contributed by atoms with E-state index in [9.17, 15) is 9.18 Å². The van der Waals surface area contributed by atoms with Gasteiger partial charge in [0, 0.05) is 37.5 Å². The second kappa shape index (κ2) is 10.00. The highest BCUT2D eigenvalue weighted by Crippen LogP contribution is 2.35. The lowest BCUT2D eigenvalue weighted by Gasteiger charge is -2.35. The van der Waals surface area contributed by atoms with Crippen LogP contribution in [0.25, 0.3) is 10.2 Å². The largest absolute Gasteiger partial charge is 0.352 e. The van der Waals surface area contributed by atoms with E-state index in [-0.39, 0.29) is 11.7 Å². The first-order valence-electron chi connectivity index (χ1n) is 11.9. The molecule has 0 aliphatic carbocycles. The summed E-state index contributed by atoms with van der Waals surface area (Å²) in [6.07, 6.45) is 1.66. The van der Waals surface area contributed by atoms with Gasteiger partial charge >= 0.3 is 6.03 Å². The number of piperazine rings is 1. The zero-order valence-corrected chi connectivity index (χ0v) is 20.7. The number of carbonyl (C=O) groups is 1. The minimum atomic E-state index is -0.436. The van der Waals surface area contributed by atoms with Crippen LogP contribution in [0.4, 0.5) is 20.7 Å². The van der Waals surface area contributed by atoms with Crippen LogP contribution in [-0.2, 0) is 12.8 Å². The Kier molecular flexibility index (Phi) is 6.63. The first-order valence-corrected chi connectivity index (χ1v) is 12.7. The van der Waals surface area contributed by atoms with E-state index in [4.69, 9.17) is 9.97 Å². The molecule has 8 heteroatoms. The van der Waals surface area contributed by atoms with E-state index < -0.39 is 5.82 Å². The van der Waals surface area contributed by atoms with Gasteiger partial charge in [-0.3, -0.25) is 0 Å². The van der Waals surface area contributed by atoms with Crippen molar-refractivity contribution in [2.75, 3.05) is 36.4 Å². The zero-order chi connectivity index (χ0) is 24.4. The fourth-order valence-electron chi connectivity index (χ4n) is 4.39. The first-order chi connectivity index (χ1) is 17.0. The smallest absolute Gasteiger partial charge is 0.322 e. The van der Waals surface area contributed by atoms with Gasteiger partial charge in [0.1, 0.15) is 22.3 Å². The lowest BCUT2D eigenvalue weighted by molar-refractivity contribution is 0.208. The maximum atomic E-state index is 13.9. The van der Waals surface area contributed by atoms with Gasteiger partial charge in [-0.05, 0) is 43.5 Å². The number of hydrogen-bond acceptors (Lipinski definition) is 5. The van der Waals surface area contributed by atoms with Crippen LogP contribution in [0.3, 0.4) is 0 Å². The fraction of sp³-hybridized carbons (Fsp3) is 0.296. The molecular weight excluding hydrogens is 461 g/mol. The number of rotatable bonds is 5. The molecule has 2 aromatic carbocycles. The summed E-state index contributed by atoms with van der Waals surface area (Å²) >= 11 is 1.71. The SMILES string of the molecule is Cc1sc2nc(CCc3ccccc3)nc(N3CCN(C(=O)Nc4ccccc4F)CC3)c2c1C. The molecule has 1 N–H and O–H groups in total. The van der Waals surface area contributed by atoms with Gasteiger partial charge in [0.25, 0.3) is 0 Å². The Hall–Kier alpha value is -3.52. The Balaban J connectivity index is 1.33. The molecule has 3 heterocycles. The maximum Gasteiger partial charge on any atom is 0.322 e. The van der Waals surface area contributed by atoms with Crippen LogP contribution >= 0.6 is 11.3 Å². The Bertz CT molecular complexity index is 1350. The predicted molar refractivity (Wildman–Crippen MR) is 140 cm³/mol. The monoisotopic (exact) mass is 489 g/mol. The topological polar surface area (TPSA) is 61.4 Å². The van der Waals surface area contributed by atoms with Gasteiger partial charge in [-0.25, -0.2) is 19.2 Å². The van der Waals surface area contributed by atoms with Crippen molar-refractivity contribution in [3.05, 3.63) is 82.2 Å². The van der Waals surface area contributed by atoms with Gasteiger partial charge in [-0.15, -0.1) is 11.3 Å². The van der Waals surface area contributed by atoms with Crippen LogP contribution in [0.2, 0.25) is 0 Å². The molecule has 2 amide bonds. The van der Waals surface area contributed by atoms with Gasteiger partial charge in [0.05, 0.1) is 11.1 Å². The van der Waals surface area contributed by atoms with E-state index >= 15 is 0 Å². The molecule has 0 unspecified atom stereocenters. The summed E-state index contributed by atoms with van der Waals surface area (Å²) in [6, 6.07) is 16.3. The molecule has 1 fully saturated rings.